The van der Waals surface area contributed by atoms with Gasteiger partial charge in [-0.3, -0.25) is 0 Å². The summed E-state index contributed by atoms with van der Waals surface area (Å²) in [6.45, 7) is 7.66. The quantitative estimate of drug-likeness (QED) is 0.467. The Hall–Kier alpha value is -0.340. The van der Waals surface area contributed by atoms with E-state index in [1.807, 2.05) is 6.08 Å². The van der Waals surface area contributed by atoms with Crippen molar-refractivity contribution in [1.82, 2.24) is 4.90 Å². The molecule has 1 heterocycles. The lowest BCUT2D eigenvalue weighted by molar-refractivity contribution is 0.0833. The Bertz CT molecular complexity index is 136. The molecule has 0 spiro atoms. The number of likely N-dealkylation sites (tertiary alicyclic amines) is 1. The van der Waals surface area contributed by atoms with Gasteiger partial charge in [-0.05, 0) is 32.4 Å². The molecule has 0 bridgehead atoms. The van der Waals surface area contributed by atoms with Gasteiger partial charge in [0.25, 0.3) is 0 Å². The first kappa shape index (κ1) is 9.75. The van der Waals surface area contributed by atoms with Crippen LogP contribution in [0.25, 0.3) is 0 Å². The minimum absolute atomic E-state index is 0.695. The highest BCUT2D eigenvalue weighted by molar-refractivity contribution is 4.71. The van der Waals surface area contributed by atoms with Crippen LogP contribution in [0.1, 0.15) is 12.8 Å². The molecule has 12 heavy (non-hydrogen) atoms. The predicted octanol–water partition coefficient (Wildman–Crippen LogP) is 1.53. The molecule has 70 valence electrons. The monoisotopic (exact) mass is 169 g/mol. The zero-order valence-corrected chi connectivity index (χ0v) is 7.96. The minimum Gasteiger partial charge on any atom is -0.377 e. The van der Waals surface area contributed by atoms with E-state index in [1.54, 1.807) is 0 Å². The molecule has 0 aromatic carbocycles. The maximum atomic E-state index is 5.43. The van der Waals surface area contributed by atoms with Crippen LogP contribution in [0.2, 0.25) is 0 Å². The summed E-state index contributed by atoms with van der Waals surface area (Å²) in [7, 11) is 2.18. The Morgan fingerprint density at radius 1 is 1.67 bits per heavy atom. The van der Waals surface area contributed by atoms with Crippen molar-refractivity contribution in [2.75, 3.05) is 33.4 Å². The SMILES string of the molecule is C=CCOC[C@@H]1CCCN(C)C1. The highest BCUT2D eigenvalue weighted by Gasteiger charge is 2.16. The van der Waals surface area contributed by atoms with Gasteiger partial charge in [-0.15, -0.1) is 6.58 Å². The standard InChI is InChI=1S/C10H19NO/c1-3-7-12-9-10-5-4-6-11(2)8-10/h3,10H,1,4-9H2,2H3/t10-/m1/s1. The van der Waals surface area contributed by atoms with E-state index in [2.05, 4.69) is 18.5 Å². The Balaban J connectivity index is 2.09. The smallest absolute Gasteiger partial charge is 0.0644 e. The zero-order valence-electron chi connectivity index (χ0n) is 7.96. The molecular weight excluding hydrogens is 150 g/mol. The Morgan fingerprint density at radius 2 is 2.50 bits per heavy atom. The lowest BCUT2D eigenvalue weighted by Crippen LogP contribution is -2.34. The summed E-state index contributed by atoms with van der Waals surface area (Å²) >= 11 is 0. The van der Waals surface area contributed by atoms with Gasteiger partial charge in [-0.1, -0.05) is 6.08 Å². The summed E-state index contributed by atoms with van der Waals surface area (Å²) in [4.78, 5) is 2.38. The molecule has 0 aromatic heterocycles. The summed E-state index contributed by atoms with van der Waals surface area (Å²) in [5.41, 5.74) is 0. The molecule has 2 heteroatoms. The molecule has 0 N–H and O–H groups in total. The fraction of sp³-hybridized carbons (Fsp3) is 0.800. The highest BCUT2D eigenvalue weighted by atomic mass is 16.5. The van der Waals surface area contributed by atoms with Crippen LogP contribution < -0.4 is 0 Å². The molecule has 1 atom stereocenters. The Labute approximate surface area is 75.2 Å². The van der Waals surface area contributed by atoms with Crippen molar-refractivity contribution in [2.45, 2.75) is 12.8 Å². The van der Waals surface area contributed by atoms with Gasteiger partial charge in [0.1, 0.15) is 0 Å². The molecule has 1 aliphatic rings. The minimum atomic E-state index is 0.695. The van der Waals surface area contributed by atoms with Gasteiger partial charge >= 0.3 is 0 Å². The van der Waals surface area contributed by atoms with Crippen LogP contribution in [-0.2, 0) is 4.74 Å². The second-order valence-corrected chi connectivity index (χ2v) is 3.60. The van der Waals surface area contributed by atoms with Gasteiger partial charge < -0.3 is 9.64 Å². The Kier molecular flexibility index (Phi) is 4.33. The fourth-order valence-corrected chi connectivity index (χ4v) is 1.73. The Morgan fingerprint density at radius 3 is 3.17 bits per heavy atom. The third-order valence-electron chi connectivity index (χ3n) is 2.31. The molecule has 1 saturated heterocycles. The van der Waals surface area contributed by atoms with Crippen LogP contribution in [0.4, 0.5) is 0 Å². The van der Waals surface area contributed by atoms with E-state index in [-0.39, 0.29) is 0 Å². The summed E-state index contributed by atoms with van der Waals surface area (Å²) < 4.78 is 5.43. The third-order valence-corrected chi connectivity index (χ3v) is 2.31. The number of rotatable bonds is 4. The number of hydrogen-bond acceptors (Lipinski definition) is 2. The first-order chi connectivity index (χ1) is 5.83. The van der Waals surface area contributed by atoms with Gasteiger partial charge in [0.05, 0.1) is 13.2 Å². The van der Waals surface area contributed by atoms with Gasteiger partial charge in [0.15, 0.2) is 0 Å². The van der Waals surface area contributed by atoms with Crippen molar-refractivity contribution in [2.24, 2.45) is 5.92 Å². The van der Waals surface area contributed by atoms with Crippen molar-refractivity contribution >= 4 is 0 Å². The third kappa shape index (κ3) is 3.37. The highest BCUT2D eigenvalue weighted by Crippen LogP contribution is 2.14. The van der Waals surface area contributed by atoms with E-state index in [4.69, 9.17) is 4.74 Å². The van der Waals surface area contributed by atoms with E-state index in [1.165, 1.54) is 25.9 Å². The van der Waals surface area contributed by atoms with Gasteiger partial charge in [-0.2, -0.15) is 0 Å². The summed E-state index contributed by atoms with van der Waals surface area (Å²) in [6, 6.07) is 0. The molecule has 0 aliphatic carbocycles. The summed E-state index contributed by atoms with van der Waals surface area (Å²) in [5.74, 6) is 0.740. The summed E-state index contributed by atoms with van der Waals surface area (Å²) in [5, 5.41) is 0. The number of ether oxygens (including phenoxy) is 1. The van der Waals surface area contributed by atoms with E-state index in [9.17, 15) is 0 Å². The molecule has 0 amide bonds. The van der Waals surface area contributed by atoms with Gasteiger partial charge in [-0.25, -0.2) is 0 Å². The molecule has 0 saturated carbocycles. The van der Waals surface area contributed by atoms with Crippen LogP contribution in [0.5, 0.6) is 0 Å². The maximum Gasteiger partial charge on any atom is 0.0644 e. The molecule has 0 unspecified atom stereocenters. The lowest BCUT2D eigenvalue weighted by Gasteiger charge is -2.29. The van der Waals surface area contributed by atoms with Crippen LogP contribution in [0, 0.1) is 5.92 Å². The van der Waals surface area contributed by atoms with Crippen LogP contribution >= 0.6 is 0 Å². The number of nitrogens with zero attached hydrogens (tertiary/aromatic N) is 1. The molecule has 2 nitrogen and oxygen atoms in total. The normalized spacial score (nSPS) is 25.6. The topological polar surface area (TPSA) is 12.5 Å². The largest absolute Gasteiger partial charge is 0.377 e. The van der Waals surface area contributed by atoms with Crippen molar-refractivity contribution < 1.29 is 4.74 Å². The van der Waals surface area contributed by atoms with Crippen molar-refractivity contribution in [3.05, 3.63) is 12.7 Å². The van der Waals surface area contributed by atoms with Gasteiger partial charge in [0, 0.05) is 6.54 Å². The lowest BCUT2D eigenvalue weighted by atomic mass is 10.00. The first-order valence-corrected chi connectivity index (χ1v) is 4.70. The second kappa shape index (κ2) is 5.33. The van der Waals surface area contributed by atoms with E-state index in [0.717, 1.165) is 12.5 Å². The average molecular weight is 169 g/mol. The van der Waals surface area contributed by atoms with Crippen LogP contribution in [0.3, 0.4) is 0 Å². The molecule has 1 rings (SSSR count). The molecular formula is C10H19NO. The molecule has 1 fully saturated rings. The summed E-state index contributed by atoms with van der Waals surface area (Å²) in [6.07, 6.45) is 4.45. The number of piperidine rings is 1. The first-order valence-electron chi connectivity index (χ1n) is 4.70. The van der Waals surface area contributed by atoms with Crippen molar-refractivity contribution in [3.8, 4) is 0 Å². The molecule has 1 aliphatic heterocycles. The second-order valence-electron chi connectivity index (χ2n) is 3.60. The van der Waals surface area contributed by atoms with E-state index < -0.39 is 0 Å². The average Bonchev–Trinajstić information content (AvgIpc) is 2.05. The van der Waals surface area contributed by atoms with E-state index >= 15 is 0 Å². The molecule has 0 aromatic rings. The number of hydrogen-bond donors (Lipinski definition) is 0. The maximum absolute atomic E-state index is 5.43. The molecule has 0 radical (unpaired) electrons. The zero-order chi connectivity index (χ0) is 8.81. The predicted molar refractivity (Wildman–Crippen MR) is 51.2 cm³/mol. The van der Waals surface area contributed by atoms with Crippen molar-refractivity contribution in [1.29, 1.82) is 0 Å². The van der Waals surface area contributed by atoms with Gasteiger partial charge in [0.2, 0.25) is 0 Å². The van der Waals surface area contributed by atoms with Crippen LogP contribution in [-0.4, -0.2) is 38.3 Å². The van der Waals surface area contributed by atoms with E-state index in [0.29, 0.717) is 6.61 Å². The van der Waals surface area contributed by atoms with Crippen LogP contribution in [0.15, 0.2) is 12.7 Å². The fourth-order valence-electron chi connectivity index (χ4n) is 1.73. The van der Waals surface area contributed by atoms with Crippen molar-refractivity contribution in [3.63, 3.8) is 0 Å².